The van der Waals surface area contributed by atoms with Crippen molar-refractivity contribution in [2.45, 2.75) is 17.4 Å². The third-order valence-electron chi connectivity index (χ3n) is 6.63. The highest BCUT2D eigenvalue weighted by atomic mass is 32.2. The van der Waals surface area contributed by atoms with Gasteiger partial charge in [-0.05, 0) is 53.4 Å². The predicted molar refractivity (Wildman–Crippen MR) is 147 cm³/mol. The van der Waals surface area contributed by atoms with Crippen LogP contribution >= 0.6 is 0 Å². The number of anilines is 3. The van der Waals surface area contributed by atoms with Gasteiger partial charge in [0.05, 0.1) is 41.9 Å². The van der Waals surface area contributed by atoms with Gasteiger partial charge in [0.1, 0.15) is 11.6 Å². The van der Waals surface area contributed by atoms with Gasteiger partial charge >= 0.3 is 0 Å². The van der Waals surface area contributed by atoms with Crippen molar-refractivity contribution in [1.82, 2.24) is 20.2 Å². The zero-order chi connectivity index (χ0) is 26.3. The summed E-state index contributed by atoms with van der Waals surface area (Å²) in [6, 6.07) is 21.8. The molecule has 0 fully saturated rings. The lowest BCUT2D eigenvalue weighted by Gasteiger charge is -2.36. The van der Waals surface area contributed by atoms with Crippen LogP contribution in [0.2, 0.25) is 0 Å². The molecule has 1 atom stereocenters. The number of sulfonamides is 1. The lowest BCUT2D eigenvalue weighted by molar-refractivity contribution is 0.415. The summed E-state index contributed by atoms with van der Waals surface area (Å²) in [5.41, 5.74) is 9.67. The molecule has 192 valence electrons. The fourth-order valence-corrected chi connectivity index (χ4v) is 6.38. The standard InChI is InChI=1S/C27H25N7O3S/c1-37-21-11-9-17(10-12-21)18-6-4-7-22(14-18)38(35,36)34-16-20(13-19-5-2-3-8-24(19)34)30-25-23-15-29-33-26(23)32-27(28)31-25/h2-12,14-15,20H,13,16H2,1H3,(H4,28,29,30,31,32,33). The number of hydrogen-bond donors (Lipinski definition) is 3. The first kappa shape index (κ1) is 23.7. The van der Waals surface area contributed by atoms with Crippen molar-refractivity contribution in [3.63, 3.8) is 0 Å². The number of aromatic nitrogens is 4. The fourth-order valence-electron chi connectivity index (χ4n) is 4.78. The van der Waals surface area contributed by atoms with E-state index in [2.05, 4.69) is 25.5 Å². The van der Waals surface area contributed by atoms with Crippen LogP contribution in [0.3, 0.4) is 0 Å². The lowest BCUT2D eigenvalue weighted by atomic mass is 9.99. The summed E-state index contributed by atoms with van der Waals surface area (Å²) in [7, 11) is -2.28. The van der Waals surface area contributed by atoms with Gasteiger partial charge in [0, 0.05) is 0 Å². The van der Waals surface area contributed by atoms with Crippen LogP contribution in [0.25, 0.3) is 22.2 Å². The van der Waals surface area contributed by atoms with E-state index in [4.69, 9.17) is 10.5 Å². The summed E-state index contributed by atoms with van der Waals surface area (Å²) >= 11 is 0. The van der Waals surface area contributed by atoms with Gasteiger partial charge in [-0.1, -0.05) is 42.5 Å². The second kappa shape index (κ2) is 9.34. The van der Waals surface area contributed by atoms with Crippen LogP contribution < -0.4 is 20.1 Å². The normalized spacial score (nSPS) is 15.3. The van der Waals surface area contributed by atoms with Crippen LogP contribution in [-0.4, -0.2) is 48.3 Å². The molecule has 0 bridgehead atoms. The molecule has 10 nitrogen and oxygen atoms in total. The van der Waals surface area contributed by atoms with E-state index in [1.165, 1.54) is 4.31 Å². The third kappa shape index (κ3) is 4.26. The van der Waals surface area contributed by atoms with Crippen LogP contribution in [0.5, 0.6) is 5.75 Å². The Hall–Kier alpha value is -4.64. The minimum absolute atomic E-state index is 0.0975. The summed E-state index contributed by atoms with van der Waals surface area (Å²) in [6.45, 7) is 0.204. The van der Waals surface area contributed by atoms with Crippen LogP contribution in [0.4, 0.5) is 17.5 Å². The summed E-state index contributed by atoms with van der Waals surface area (Å²) in [5.74, 6) is 1.34. The van der Waals surface area contributed by atoms with E-state index in [0.717, 1.165) is 22.4 Å². The molecule has 0 saturated heterocycles. The molecule has 6 rings (SSSR count). The van der Waals surface area contributed by atoms with Gasteiger partial charge in [-0.25, -0.2) is 8.42 Å². The van der Waals surface area contributed by atoms with E-state index in [1.807, 2.05) is 54.6 Å². The van der Waals surface area contributed by atoms with E-state index in [0.29, 0.717) is 29.0 Å². The number of rotatable bonds is 6. The Labute approximate surface area is 219 Å². The van der Waals surface area contributed by atoms with Crippen molar-refractivity contribution < 1.29 is 13.2 Å². The maximum atomic E-state index is 14.1. The molecule has 0 amide bonds. The summed E-state index contributed by atoms with van der Waals surface area (Å²) < 4.78 is 34.9. The Morgan fingerprint density at radius 3 is 2.66 bits per heavy atom. The largest absolute Gasteiger partial charge is 0.497 e. The number of fused-ring (bicyclic) bond motifs is 2. The average Bonchev–Trinajstić information content (AvgIpc) is 3.41. The molecule has 0 spiro atoms. The van der Waals surface area contributed by atoms with Crippen LogP contribution in [0.15, 0.2) is 83.9 Å². The molecule has 0 radical (unpaired) electrons. The third-order valence-corrected chi connectivity index (χ3v) is 8.40. The number of benzene rings is 3. The van der Waals surface area contributed by atoms with Gasteiger partial charge in [0.25, 0.3) is 10.0 Å². The van der Waals surface area contributed by atoms with Crippen molar-refractivity contribution in [2.75, 3.05) is 29.0 Å². The first-order chi connectivity index (χ1) is 18.4. The Kier molecular flexibility index (Phi) is 5.84. The van der Waals surface area contributed by atoms with Gasteiger partial charge in [0.2, 0.25) is 5.95 Å². The Balaban J connectivity index is 1.36. The van der Waals surface area contributed by atoms with Crippen molar-refractivity contribution in [3.05, 3.63) is 84.6 Å². The maximum absolute atomic E-state index is 14.1. The SMILES string of the molecule is COc1ccc(-c2cccc(S(=O)(=O)N3CC(Nc4nc(N)nc5[nH]ncc45)Cc4ccccc43)c2)cc1. The molecule has 3 aromatic carbocycles. The number of nitrogens with one attached hydrogen (secondary N) is 2. The molecular weight excluding hydrogens is 502 g/mol. The number of nitrogens with two attached hydrogens (primary N) is 1. The van der Waals surface area contributed by atoms with E-state index in [-0.39, 0.29) is 23.4 Å². The first-order valence-corrected chi connectivity index (χ1v) is 13.4. The highest BCUT2D eigenvalue weighted by Gasteiger charge is 2.34. The molecule has 1 unspecified atom stereocenters. The topological polar surface area (TPSA) is 139 Å². The number of H-pyrrole nitrogens is 1. The maximum Gasteiger partial charge on any atom is 0.264 e. The molecular formula is C27H25N7O3S. The Morgan fingerprint density at radius 2 is 1.84 bits per heavy atom. The fraction of sp³-hybridized carbons (Fsp3) is 0.148. The number of aromatic amines is 1. The van der Waals surface area contributed by atoms with Crippen molar-refractivity contribution >= 4 is 38.5 Å². The smallest absolute Gasteiger partial charge is 0.264 e. The van der Waals surface area contributed by atoms with E-state index in [9.17, 15) is 8.42 Å². The highest BCUT2D eigenvalue weighted by molar-refractivity contribution is 7.92. The minimum Gasteiger partial charge on any atom is -0.497 e. The second-order valence-corrected chi connectivity index (χ2v) is 10.9. The zero-order valence-electron chi connectivity index (χ0n) is 20.5. The summed E-state index contributed by atoms with van der Waals surface area (Å²) in [5, 5.41) is 10.9. The number of nitrogen functional groups attached to an aromatic ring is 1. The summed E-state index contributed by atoms with van der Waals surface area (Å²) in [6.07, 6.45) is 2.23. The molecule has 0 aliphatic carbocycles. The van der Waals surface area contributed by atoms with Gasteiger partial charge in [-0.15, -0.1) is 0 Å². The van der Waals surface area contributed by atoms with Crippen molar-refractivity contribution in [2.24, 2.45) is 0 Å². The number of ether oxygens (including phenoxy) is 1. The highest BCUT2D eigenvalue weighted by Crippen LogP contribution is 2.34. The molecule has 3 heterocycles. The minimum atomic E-state index is -3.89. The summed E-state index contributed by atoms with van der Waals surface area (Å²) in [4.78, 5) is 8.72. The number of hydrogen-bond acceptors (Lipinski definition) is 8. The molecule has 2 aromatic heterocycles. The average molecular weight is 528 g/mol. The van der Waals surface area contributed by atoms with E-state index < -0.39 is 10.0 Å². The molecule has 38 heavy (non-hydrogen) atoms. The Bertz CT molecular complexity index is 1740. The van der Waals surface area contributed by atoms with Crippen molar-refractivity contribution in [3.8, 4) is 16.9 Å². The molecule has 1 aliphatic heterocycles. The second-order valence-electron chi connectivity index (χ2n) is 9.03. The Morgan fingerprint density at radius 1 is 1.03 bits per heavy atom. The van der Waals surface area contributed by atoms with Gasteiger partial charge in [0.15, 0.2) is 5.65 Å². The molecule has 11 heteroatoms. The van der Waals surface area contributed by atoms with Crippen LogP contribution in [0.1, 0.15) is 5.56 Å². The first-order valence-electron chi connectivity index (χ1n) is 12.0. The zero-order valence-corrected chi connectivity index (χ0v) is 21.3. The molecule has 5 aromatic rings. The number of methoxy groups -OCH3 is 1. The molecule has 4 N–H and O–H groups in total. The monoisotopic (exact) mass is 527 g/mol. The van der Waals surface area contributed by atoms with Gasteiger partial charge < -0.3 is 15.8 Å². The lowest BCUT2D eigenvalue weighted by Crippen LogP contribution is -2.45. The number of para-hydroxylation sites is 1. The van der Waals surface area contributed by atoms with Crippen LogP contribution in [0, 0.1) is 0 Å². The van der Waals surface area contributed by atoms with E-state index in [1.54, 1.807) is 31.5 Å². The number of nitrogens with zero attached hydrogens (tertiary/aromatic N) is 4. The molecule has 1 aliphatic rings. The van der Waals surface area contributed by atoms with Gasteiger partial charge in [-0.2, -0.15) is 15.1 Å². The van der Waals surface area contributed by atoms with Gasteiger partial charge in [-0.3, -0.25) is 9.40 Å². The molecule has 0 saturated carbocycles. The van der Waals surface area contributed by atoms with Crippen LogP contribution in [-0.2, 0) is 16.4 Å². The van der Waals surface area contributed by atoms with E-state index >= 15 is 0 Å². The quantitative estimate of drug-likeness (QED) is 0.303. The predicted octanol–water partition coefficient (Wildman–Crippen LogP) is 3.84. The van der Waals surface area contributed by atoms with Crippen molar-refractivity contribution in [1.29, 1.82) is 0 Å².